The number of hydrogen-bond donors (Lipinski definition) is 2. The summed E-state index contributed by atoms with van der Waals surface area (Å²) in [5, 5.41) is 7.26. The van der Waals surface area contributed by atoms with Crippen molar-refractivity contribution >= 4 is 0 Å². The Morgan fingerprint density at radius 1 is 1.42 bits per heavy atom. The number of benzene rings is 1. The monoisotopic (exact) mass is 260 g/mol. The number of nitrogens with one attached hydrogen (secondary N) is 2. The van der Waals surface area contributed by atoms with Gasteiger partial charge in [0, 0.05) is 37.7 Å². The molecule has 0 saturated carbocycles. The quantitative estimate of drug-likeness (QED) is 0.872. The molecule has 2 N–H and O–H groups in total. The Bertz CT molecular complexity index is 427. The standard InChI is InChI=1S/C16H24N2O/c1-16(7-4-8-19-12-16)18-11-14-10-17-9-13-5-2-3-6-15(13)14/h2-3,5-6,14,17-18H,4,7-12H2,1H3. The highest BCUT2D eigenvalue weighted by Crippen LogP contribution is 2.25. The molecule has 2 unspecified atom stereocenters. The molecule has 0 aliphatic carbocycles. The molecule has 0 amide bonds. The minimum Gasteiger partial charge on any atom is -0.380 e. The van der Waals surface area contributed by atoms with E-state index in [0.717, 1.165) is 32.8 Å². The van der Waals surface area contributed by atoms with Crippen molar-refractivity contribution in [3.05, 3.63) is 35.4 Å². The maximum Gasteiger partial charge on any atom is 0.0645 e. The highest BCUT2D eigenvalue weighted by atomic mass is 16.5. The van der Waals surface area contributed by atoms with Crippen molar-refractivity contribution in [1.82, 2.24) is 10.6 Å². The molecular weight excluding hydrogens is 236 g/mol. The molecule has 19 heavy (non-hydrogen) atoms. The van der Waals surface area contributed by atoms with Crippen molar-refractivity contribution < 1.29 is 4.74 Å². The second-order valence-corrected chi connectivity index (χ2v) is 6.12. The van der Waals surface area contributed by atoms with Crippen LogP contribution in [-0.2, 0) is 11.3 Å². The summed E-state index contributed by atoms with van der Waals surface area (Å²) in [5.41, 5.74) is 3.12. The van der Waals surface area contributed by atoms with Gasteiger partial charge in [0.25, 0.3) is 0 Å². The van der Waals surface area contributed by atoms with Crippen molar-refractivity contribution in [3.8, 4) is 0 Å². The van der Waals surface area contributed by atoms with Crippen LogP contribution < -0.4 is 10.6 Å². The van der Waals surface area contributed by atoms with E-state index in [0.29, 0.717) is 5.92 Å². The van der Waals surface area contributed by atoms with Crippen molar-refractivity contribution in [1.29, 1.82) is 0 Å². The summed E-state index contributed by atoms with van der Waals surface area (Å²) in [6, 6.07) is 8.80. The molecule has 3 rings (SSSR count). The van der Waals surface area contributed by atoms with Gasteiger partial charge >= 0.3 is 0 Å². The van der Waals surface area contributed by atoms with Crippen LogP contribution in [0.15, 0.2) is 24.3 Å². The zero-order valence-electron chi connectivity index (χ0n) is 11.7. The number of fused-ring (bicyclic) bond motifs is 1. The van der Waals surface area contributed by atoms with E-state index in [9.17, 15) is 0 Å². The molecule has 104 valence electrons. The summed E-state index contributed by atoms with van der Waals surface area (Å²) < 4.78 is 5.62. The van der Waals surface area contributed by atoms with Gasteiger partial charge in [-0.05, 0) is 30.9 Å². The summed E-state index contributed by atoms with van der Waals surface area (Å²) >= 11 is 0. The van der Waals surface area contributed by atoms with Gasteiger partial charge in [-0.1, -0.05) is 24.3 Å². The molecule has 2 aliphatic heterocycles. The SMILES string of the molecule is CC1(NCC2CNCc3ccccc32)CCCOC1. The number of hydrogen-bond acceptors (Lipinski definition) is 3. The zero-order valence-corrected chi connectivity index (χ0v) is 11.7. The van der Waals surface area contributed by atoms with Crippen LogP contribution in [0, 0.1) is 0 Å². The van der Waals surface area contributed by atoms with Gasteiger partial charge in [0.05, 0.1) is 6.61 Å². The van der Waals surface area contributed by atoms with Gasteiger partial charge in [0.1, 0.15) is 0 Å². The fraction of sp³-hybridized carbons (Fsp3) is 0.625. The third-order valence-electron chi connectivity index (χ3n) is 4.41. The van der Waals surface area contributed by atoms with Crippen LogP contribution in [0.4, 0.5) is 0 Å². The maximum absolute atomic E-state index is 5.62. The molecule has 1 fully saturated rings. The van der Waals surface area contributed by atoms with Gasteiger partial charge in [-0.15, -0.1) is 0 Å². The van der Waals surface area contributed by atoms with Gasteiger partial charge in [0.15, 0.2) is 0 Å². The van der Waals surface area contributed by atoms with Crippen LogP contribution in [0.25, 0.3) is 0 Å². The van der Waals surface area contributed by atoms with E-state index in [4.69, 9.17) is 4.74 Å². The molecular formula is C16H24N2O. The summed E-state index contributed by atoms with van der Waals surface area (Å²) in [6.45, 7) is 7.16. The molecule has 1 aromatic carbocycles. The van der Waals surface area contributed by atoms with Gasteiger partial charge in [-0.3, -0.25) is 0 Å². The average Bonchev–Trinajstić information content (AvgIpc) is 2.46. The normalized spacial score (nSPS) is 30.9. The second-order valence-electron chi connectivity index (χ2n) is 6.12. The molecule has 3 heteroatoms. The Kier molecular flexibility index (Phi) is 3.87. The Hall–Kier alpha value is -0.900. The predicted molar refractivity (Wildman–Crippen MR) is 77.4 cm³/mol. The van der Waals surface area contributed by atoms with Crippen molar-refractivity contribution in [2.75, 3.05) is 26.3 Å². The second kappa shape index (κ2) is 5.61. The predicted octanol–water partition coefficient (Wildman–Crippen LogP) is 2.03. The van der Waals surface area contributed by atoms with Gasteiger partial charge in [-0.2, -0.15) is 0 Å². The van der Waals surface area contributed by atoms with Gasteiger partial charge < -0.3 is 15.4 Å². The molecule has 2 atom stereocenters. The lowest BCUT2D eigenvalue weighted by molar-refractivity contribution is 0.0279. The van der Waals surface area contributed by atoms with E-state index in [1.807, 2.05) is 0 Å². The molecule has 0 radical (unpaired) electrons. The molecule has 1 aromatic rings. The Morgan fingerprint density at radius 2 is 2.32 bits per heavy atom. The fourth-order valence-electron chi connectivity index (χ4n) is 3.21. The van der Waals surface area contributed by atoms with Gasteiger partial charge in [-0.25, -0.2) is 0 Å². The molecule has 0 aromatic heterocycles. The van der Waals surface area contributed by atoms with Crippen LogP contribution in [-0.4, -0.2) is 31.8 Å². The molecule has 1 saturated heterocycles. The van der Waals surface area contributed by atoms with Crippen LogP contribution in [0.1, 0.15) is 36.8 Å². The summed E-state index contributed by atoms with van der Waals surface area (Å²) in [5.74, 6) is 0.573. The average molecular weight is 260 g/mol. The molecule has 0 bridgehead atoms. The highest BCUT2D eigenvalue weighted by molar-refractivity contribution is 5.33. The largest absolute Gasteiger partial charge is 0.380 e. The smallest absolute Gasteiger partial charge is 0.0645 e. The molecule has 2 aliphatic rings. The Labute approximate surface area is 115 Å². The lowest BCUT2D eigenvalue weighted by atomic mass is 9.89. The lowest BCUT2D eigenvalue weighted by Gasteiger charge is -2.37. The van der Waals surface area contributed by atoms with E-state index < -0.39 is 0 Å². The number of rotatable bonds is 3. The third kappa shape index (κ3) is 2.99. The topological polar surface area (TPSA) is 33.3 Å². The van der Waals surface area contributed by atoms with E-state index >= 15 is 0 Å². The maximum atomic E-state index is 5.62. The van der Waals surface area contributed by atoms with E-state index in [2.05, 4.69) is 41.8 Å². The lowest BCUT2D eigenvalue weighted by Crippen LogP contribution is -2.51. The molecule has 0 spiro atoms. The van der Waals surface area contributed by atoms with Crippen LogP contribution in [0.5, 0.6) is 0 Å². The van der Waals surface area contributed by atoms with E-state index in [1.165, 1.54) is 24.0 Å². The molecule has 3 nitrogen and oxygen atoms in total. The molecule has 2 heterocycles. The summed E-state index contributed by atoms with van der Waals surface area (Å²) in [4.78, 5) is 0. The third-order valence-corrected chi connectivity index (χ3v) is 4.41. The highest BCUT2D eigenvalue weighted by Gasteiger charge is 2.29. The first-order valence-corrected chi connectivity index (χ1v) is 7.38. The van der Waals surface area contributed by atoms with Crippen molar-refractivity contribution in [2.24, 2.45) is 0 Å². The minimum atomic E-state index is 0.157. The number of ether oxygens (including phenoxy) is 1. The first kappa shape index (κ1) is 13.1. The van der Waals surface area contributed by atoms with Crippen molar-refractivity contribution in [2.45, 2.75) is 37.8 Å². The van der Waals surface area contributed by atoms with Crippen LogP contribution in [0.2, 0.25) is 0 Å². The first-order chi connectivity index (χ1) is 9.27. The van der Waals surface area contributed by atoms with Crippen LogP contribution >= 0.6 is 0 Å². The van der Waals surface area contributed by atoms with Crippen molar-refractivity contribution in [3.63, 3.8) is 0 Å². The zero-order chi connectivity index (χ0) is 13.1. The van der Waals surface area contributed by atoms with Gasteiger partial charge in [0.2, 0.25) is 0 Å². The first-order valence-electron chi connectivity index (χ1n) is 7.38. The summed E-state index contributed by atoms with van der Waals surface area (Å²) in [6.07, 6.45) is 2.39. The minimum absolute atomic E-state index is 0.157. The van der Waals surface area contributed by atoms with E-state index in [-0.39, 0.29) is 5.54 Å². The fourth-order valence-corrected chi connectivity index (χ4v) is 3.21. The Morgan fingerprint density at radius 3 is 3.16 bits per heavy atom. The Balaban J connectivity index is 1.64. The van der Waals surface area contributed by atoms with Crippen LogP contribution in [0.3, 0.4) is 0 Å². The summed E-state index contributed by atoms with van der Waals surface area (Å²) in [7, 11) is 0. The van der Waals surface area contributed by atoms with E-state index in [1.54, 1.807) is 0 Å².